The van der Waals surface area contributed by atoms with Crippen LogP contribution in [0, 0.1) is 5.92 Å². The van der Waals surface area contributed by atoms with Gasteiger partial charge in [-0.3, -0.25) is 4.79 Å². The topological polar surface area (TPSA) is 95.6 Å². The second-order valence-corrected chi connectivity index (χ2v) is 10.4. The maximum absolute atomic E-state index is 11.5. The molecule has 1 saturated carbocycles. The predicted octanol–water partition coefficient (Wildman–Crippen LogP) is 6.08. The number of benzene rings is 1. The summed E-state index contributed by atoms with van der Waals surface area (Å²) < 4.78 is 0. The molecule has 1 amide bonds. The largest absolute Gasteiger partial charge is 0.327 e. The standard InChI is InChI=1S/C26H27ClN6OS/c1-16(34)32-23-12-19(10-11-28-23)22-13-21(25(35-22)26-30-15-31-33-26)24(18-6-8-20(27)9-7-18)29-14-17-4-2-3-5-17/h6-13,15,17,24,29H,2-5,14H2,1H3,(H,28,32,34)(H,30,31,33). The van der Waals surface area contributed by atoms with E-state index < -0.39 is 0 Å². The van der Waals surface area contributed by atoms with Crippen LogP contribution in [0.3, 0.4) is 0 Å². The third kappa shape index (κ3) is 5.61. The van der Waals surface area contributed by atoms with Crippen LogP contribution >= 0.6 is 22.9 Å². The predicted molar refractivity (Wildman–Crippen MR) is 140 cm³/mol. The molecule has 0 aliphatic heterocycles. The fourth-order valence-electron chi connectivity index (χ4n) is 4.66. The molecule has 4 aromatic rings. The number of amides is 1. The number of aromatic nitrogens is 4. The molecule has 9 heteroatoms. The lowest BCUT2D eigenvalue weighted by Gasteiger charge is -2.22. The molecule has 1 fully saturated rings. The van der Waals surface area contributed by atoms with Crippen LogP contribution < -0.4 is 10.6 Å². The minimum absolute atomic E-state index is 0.0328. The summed E-state index contributed by atoms with van der Waals surface area (Å²) in [4.78, 5) is 21.1. The molecule has 5 rings (SSSR count). The zero-order valence-electron chi connectivity index (χ0n) is 19.4. The van der Waals surface area contributed by atoms with E-state index in [-0.39, 0.29) is 11.9 Å². The van der Waals surface area contributed by atoms with Crippen LogP contribution in [0.2, 0.25) is 5.02 Å². The van der Waals surface area contributed by atoms with Crippen LogP contribution in [-0.4, -0.2) is 32.6 Å². The molecular formula is C26H27ClN6OS. The summed E-state index contributed by atoms with van der Waals surface area (Å²) in [6, 6.07) is 14.1. The third-order valence-corrected chi connectivity index (χ3v) is 7.80. The average Bonchev–Trinajstić information content (AvgIpc) is 3.62. The Morgan fingerprint density at radius 3 is 2.71 bits per heavy atom. The highest BCUT2D eigenvalue weighted by Gasteiger charge is 2.25. The minimum atomic E-state index is -0.150. The van der Waals surface area contributed by atoms with Gasteiger partial charge in [0, 0.05) is 23.0 Å². The number of thiophene rings is 1. The zero-order chi connectivity index (χ0) is 24.2. The Hall–Kier alpha value is -3.07. The number of aromatic amines is 1. The number of hydrogen-bond donors (Lipinski definition) is 3. The molecule has 1 atom stereocenters. The van der Waals surface area contributed by atoms with Crippen LogP contribution in [-0.2, 0) is 4.79 Å². The van der Waals surface area contributed by atoms with Crippen molar-refractivity contribution < 1.29 is 4.79 Å². The average molecular weight is 507 g/mol. The fraction of sp³-hybridized carbons (Fsp3) is 0.308. The van der Waals surface area contributed by atoms with Crippen molar-refractivity contribution in [1.82, 2.24) is 25.5 Å². The second kappa shape index (κ2) is 10.7. The third-order valence-electron chi connectivity index (χ3n) is 6.34. The van der Waals surface area contributed by atoms with Crippen molar-refractivity contribution in [3.8, 4) is 21.1 Å². The Labute approximate surface area is 213 Å². The van der Waals surface area contributed by atoms with Gasteiger partial charge in [-0.2, -0.15) is 0 Å². The minimum Gasteiger partial charge on any atom is -0.327 e. The lowest BCUT2D eigenvalue weighted by atomic mass is 9.96. The SMILES string of the molecule is CC(=O)Nc1cc(-c2cc(C(NCC3CCCC3)c3ccc(Cl)cc3)c(-c3nnc[nH]3)s2)ccn1. The van der Waals surface area contributed by atoms with Crippen molar-refractivity contribution in [3.05, 3.63) is 71.1 Å². The van der Waals surface area contributed by atoms with E-state index in [1.165, 1.54) is 32.6 Å². The van der Waals surface area contributed by atoms with E-state index in [2.05, 4.69) is 49.0 Å². The number of carbonyl (C=O) groups excluding carboxylic acids is 1. The number of nitrogens with one attached hydrogen (secondary N) is 3. The number of carbonyl (C=O) groups is 1. The first-order chi connectivity index (χ1) is 17.1. The number of H-pyrrole nitrogens is 1. The van der Waals surface area contributed by atoms with Crippen LogP contribution in [0.4, 0.5) is 5.82 Å². The summed E-state index contributed by atoms with van der Waals surface area (Å²) in [6.45, 7) is 2.43. The van der Waals surface area contributed by atoms with E-state index >= 15 is 0 Å². The summed E-state index contributed by atoms with van der Waals surface area (Å²) >= 11 is 7.85. The smallest absolute Gasteiger partial charge is 0.222 e. The number of pyridine rings is 1. The molecule has 0 saturated heterocycles. The monoisotopic (exact) mass is 506 g/mol. The summed E-state index contributed by atoms with van der Waals surface area (Å²) in [5.41, 5.74) is 3.25. The van der Waals surface area contributed by atoms with Crippen molar-refractivity contribution >= 4 is 34.7 Å². The molecular weight excluding hydrogens is 480 g/mol. The van der Waals surface area contributed by atoms with Crippen molar-refractivity contribution in [2.75, 3.05) is 11.9 Å². The summed E-state index contributed by atoms with van der Waals surface area (Å²) in [5.74, 6) is 1.80. The van der Waals surface area contributed by atoms with Gasteiger partial charge in [0.05, 0.1) is 10.9 Å². The van der Waals surface area contributed by atoms with Crippen molar-refractivity contribution in [3.63, 3.8) is 0 Å². The van der Waals surface area contributed by atoms with E-state index in [1.54, 1.807) is 23.9 Å². The number of hydrogen-bond acceptors (Lipinski definition) is 6. The van der Waals surface area contributed by atoms with Crippen LogP contribution in [0.25, 0.3) is 21.1 Å². The van der Waals surface area contributed by atoms with Gasteiger partial charge >= 0.3 is 0 Å². The Bertz CT molecular complexity index is 1280. The van der Waals surface area contributed by atoms with Crippen molar-refractivity contribution in [2.45, 2.75) is 38.6 Å². The van der Waals surface area contributed by atoms with E-state index in [0.29, 0.717) is 16.8 Å². The highest BCUT2D eigenvalue weighted by molar-refractivity contribution is 7.19. The molecule has 180 valence electrons. The first-order valence-electron chi connectivity index (χ1n) is 11.8. The zero-order valence-corrected chi connectivity index (χ0v) is 21.0. The Balaban J connectivity index is 1.57. The normalized spacial score (nSPS) is 14.8. The highest BCUT2D eigenvalue weighted by atomic mass is 35.5. The van der Waals surface area contributed by atoms with Crippen molar-refractivity contribution in [1.29, 1.82) is 0 Å². The molecule has 1 aliphatic carbocycles. The maximum Gasteiger partial charge on any atom is 0.222 e. The fourth-order valence-corrected chi connectivity index (χ4v) is 5.93. The van der Waals surface area contributed by atoms with Crippen LogP contribution in [0.5, 0.6) is 0 Å². The number of nitrogens with zero attached hydrogens (tertiary/aromatic N) is 3. The molecule has 0 radical (unpaired) electrons. The van der Waals surface area contributed by atoms with E-state index in [0.717, 1.165) is 38.8 Å². The van der Waals surface area contributed by atoms with Gasteiger partial charge in [-0.25, -0.2) is 4.98 Å². The first kappa shape index (κ1) is 23.7. The summed E-state index contributed by atoms with van der Waals surface area (Å²) in [5, 5.41) is 15.7. The Morgan fingerprint density at radius 1 is 1.20 bits per heavy atom. The lowest BCUT2D eigenvalue weighted by molar-refractivity contribution is -0.114. The summed E-state index contributed by atoms with van der Waals surface area (Å²) in [6.07, 6.45) is 8.47. The van der Waals surface area contributed by atoms with E-state index in [1.807, 2.05) is 24.3 Å². The first-order valence-corrected chi connectivity index (χ1v) is 13.0. The van der Waals surface area contributed by atoms with Gasteiger partial charge in [-0.15, -0.1) is 21.5 Å². The molecule has 0 bridgehead atoms. The van der Waals surface area contributed by atoms with Crippen LogP contribution in [0.1, 0.15) is 49.8 Å². The van der Waals surface area contributed by atoms with Crippen molar-refractivity contribution in [2.24, 2.45) is 5.92 Å². The van der Waals surface area contributed by atoms with Crippen LogP contribution in [0.15, 0.2) is 55.0 Å². The molecule has 3 aromatic heterocycles. The molecule has 7 nitrogen and oxygen atoms in total. The summed E-state index contributed by atoms with van der Waals surface area (Å²) in [7, 11) is 0. The van der Waals surface area contributed by atoms with Gasteiger partial charge < -0.3 is 15.6 Å². The van der Waals surface area contributed by atoms with Gasteiger partial charge in [0.25, 0.3) is 0 Å². The Morgan fingerprint density at radius 2 is 2.00 bits per heavy atom. The number of anilines is 1. The van der Waals surface area contributed by atoms with Gasteiger partial charge in [-0.05, 0) is 72.3 Å². The molecule has 3 N–H and O–H groups in total. The van der Waals surface area contributed by atoms with E-state index in [4.69, 9.17) is 11.6 Å². The molecule has 1 aromatic carbocycles. The molecule has 35 heavy (non-hydrogen) atoms. The quantitative estimate of drug-likeness (QED) is 0.269. The number of halogens is 1. The molecule has 3 heterocycles. The molecule has 0 spiro atoms. The lowest BCUT2D eigenvalue weighted by Crippen LogP contribution is -2.27. The van der Waals surface area contributed by atoms with Gasteiger partial charge in [0.1, 0.15) is 12.1 Å². The maximum atomic E-state index is 11.5. The second-order valence-electron chi connectivity index (χ2n) is 8.89. The number of rotatable bonds is 8. The van der Waals surface area contributed by atoms with Gasteiger partial charge in [0.15, 0.2) is 5.82 Å². The van der Waals surface area contributed by atoms with E-state index in [9.17, 15) is 4.79 Å². The Kier molecular flexibility index (Phi) is 7.22. The van der Waals surface area contributed by atoms with Gasteiger partial charge in [0.2, 0.25) is 5.91 Å². The van der Waals surface area contributed by atoms with Gasteiger partial charge in [-0.1, -0.05) is 36.6 Å². The highest BCUT2D eigenvalue weighted by Crippen LogP contribution is 2.42. The molecule has 1 aliphatic rings. The molecule has 1 unspecified atom stereocenters.